The van der Waals surface area contributed by atoms with Crippen molar-refractivity contribution in [1.29, 1.82) is 0 Å². The van der Waals surface area contributed by atoms with Gasteiger partial charge < -0.3 is 9.40 Å². The number of carbonyl (C=O) groups excluding carboxylic acids is 1. The van der Waals surface area contributed by atoms with Crippen LogP contribution in [-0.2, 0) is 23.1 Å². The molecule has 0 radical (unpaired) electrons. The van der Waals surface area contributed by atoms with Crippen molar-refractivity contribution in [3.63, 3.8) is 0 Å². The number of nitrogens with zero attached hydrogens (tertiary/aromatic N) is 2. The highest BCUT2D eigenvalue weighted by molar-refractivity contribution is 5.71. The molecule has 0 aliphatic rings. The van der Waals surface area contributed by atoms with Crippen LogP contribution in [0.1, 0.15) is 5.82 Å². The van der Waals surface area contributed by atoms with E-state index in [1.165, 1.54) is 0 Å². The maximum atomic E-state index is 10.6. The molecule has 0 aliphatic carbocycles. The number of aromatic nitrogens is 2. The first kappa shape index (κ1) is 7.74. The highest BCUT2D eigenvalue weighted by atomic mass is 16.7. The summed E-state index contributed by atoms with van der Waals surface area (Å²) in [6.45, 7) is 0. The molecule has 60 valence electrons. The molecule has 11 heavy (non-hydrogen) atoms. The van der Waals surface area contributed by atoms with Gasteiger partial charge in [-0.15, -0.1) is 0 Å². The maximum Gasteiger partial charge on any atom is 0.331 e. The van der Waals surface area contributed by atoms with Gasteiger partial charge in [-0.1, -0.05) is 0 Å². The summed E-state index contributed by atoms with van der Waals surface area (Å²) >= 11 is 0. The lowest BCUT2D eigenvalue weighted by Crippen LogP contribution is -2.14. The Morgan fingerprint density at radius 3 is 3.09 bits per heavy atom. The van der Waals surface area contributed by atoms with Crippen molar-refractivity contribution in [2.24, 2.45) is 12.9 Å². The molecule has 0 atom stereocenters. The Balaban J connectivity index is 2.64. The predicted octanol–water partition coefficient (Wildman–Crippen LogP) is -0.621. The van der Waals surface area contributed by atoms with Crippen LogP contribution in [0.15, 0.2) is 12.4 Å². The van der Waals surface area contributed by atoms with Crippen molar-refractivity contribution < 1.29 is 9.63 Å². The molecule has 0 spiro atoms. The molecule has 1 aromatic heterocycles. The van der Waals surface area contributed by atoms with Crippen molar-refractivity contribution in [1.82, 2.24) is 9.55 Å². The number of carbonyl (C=O) groups is 1. The normalized spacial score (nSPS) is 9.64. The van der Waals surface area contributed by atoms with Crippen LogP contribution in [0.2, 0.25) is 0 Å². The van der Waals surface area contributed by atoms with Gasteiger partial charge in [-0.25, -0.2) is 9.78 Å². The molecule has 1 aromatic rings. The zero-order valence-corrected chi connectivity index (χ0v) is 6.15. The van der Waals surface area contributed by atoms with E-state index in [1.54, 1.807) is 24.0 Å². The zero-order chi connectivity index (χ0) is 8.27. The van der Waals surface area contributed by atoms with Gasteiger partial charge in [-0.3, -0.25) is 0 Å². The minimum Gasteiger partial charge on any atom is -0.373 e. The summed E-state index contributed by atoms with van der Waals surface area (Å²) < 4.78 is 1.73. The average Bonchev–Trinajstić information content (AvgIpc) is 2.37. The van der Waals surface area contributed by atoms with E-state index in [1.807, 2.05) is 0 Å². The third kappa shape index (κ3) is 1.78. The molecule has 2 N–H and O–H groups in total. The van der Waals surface area contributed by atoms with Gasteiger partial charge in [0.05, 0.1) is 0 Å². The van der Waals surface area contributed by atoms with E-state index in [2.05, 4.69) is 15.7 Å². The van der Waals surface area contributed by atoms with Crippen LogP contribution >= 0.6 is 0 Å². The molecule has 0 fully saturated rings. The maximum absolute atomic E-state index is 10.6. The number of aryl methyl sites for hydroxylation is 1. The Morgan fingerprint density at radius 2 is 2.64 bits per heavy atom. The second kappa shape index (κ2) is 3.16. The topological polar surface area (TPSA) is 70.1 Å². The Kier molecular flexibility index (Phi) is 2.22. The van der Waals surface area contributed by atoms with Crippen LogP contribution in [0.4, 0.5) is 0 Å². The molecule has 0 aromatic carbocycles. The van der Waals surface area contributed by atoms with Crippen molar-refractivity contribution in [2.75, 3.05) is 0 Å². The third-order valence-corrected chi connectivity index (χ3v) is 1.35. The second-order valence-corrected chi connectivity index (χ2v) is 2.12. The van der Waals surface area contributed by atoms with Gasteiger partial charge in [-0.05, 0) is 0 Å². The van der Waals surface area contributed by atoms with Crippen molar-refractivity contribution in [3.05, 3.63) is 18.2 Å². The van der Waals surface area contributed by atoms with Crippen LogP contribution in [-0.4, -0.2) is 15.5 Å². The summed E-state index contributed by atoms with van der Waals surface area (Å²) in [5.74, 6) is 4.80. The van der Waals surface area contributed by atoms with Gasteiger partial charge in [0.1, 0.15) is 12.2 Å². The van der Waals surface area contributed by atoms with Gasteiger partial charge in [0.15, 0.2) is 0 Å². The summed E-state index contributed by atoms with van der Waals surface area (Å²) in [4.78, 5) is 18.5. The van der Waals surface area contributed by atoms with Crippen LogP contribution in [0, 0.1) is 0 Å². The molecule has 5 heteroatoms. The molecular weight excluding hydrogens is 146 g/mol. The largest absolute Gasteiger partial charge is 0.373 e. The molecule has 0 bridgehead atoms. The lowest BCUT2D eigenvalue weighted by atomic mass is 10.4. The van der Waals surface area contributed by atoms with Crippen LogP contribution in [0.3, 0.4) is 0 Å². The molecular formula is C6H9N3O2. The fourth-order valence-corrected chi connectivity index (χ4v) is 0.738. The van der Waals surface area contributed by atoms with Gasteiger partial charge >= 0.3 is 5.97 Å². The Morgan fingerprint density at radius 1 is 1.91 bits per heavy atom. The Bertz CT molecular complexity index is 256. The average molecular weight is 155 g/mol. The van der Waals surface area contributed by atoms with Gasteiger partial charge in [-0.2, -0.15) is 5.90 Å². The van der Waals surface area contributed by atoms with Crippen molar-refractivity contribution in [3.8, 4) is 0 Å². The van der Waals surface area contributed by atoms with Gasteiger partial charge in [0.25, 0.3) is 0 Å². The lowest BCUT2D eigenvalue weighted by molar-refractivity contribution is -0.143. The summed E-state index contributed by atoms with van der Waals surface area (Å²) in [5.41, 5.74) is 0. The SMILES string of the molecule is Cn1ccnc1CC(=O)ON. The van der Waals surface area contributed by atoms with Crippen LogP contribution < -0.4 is 5.90 Å². The number of rotatable bonds is 2. The first-order valence-electron chi connectivity index (χ1n) is 3.10. The van der Waals surface area contributed by atoms with E-state index in [0.717, 1.165) is 0 Å². The molecule has 0 unspecified atom stereocenters. The van der Waals surface area contributed by atoms with Crippen LogP contribution in [0.25, 0.3) is 0 Å². The molecule has 0 saturated heterocycles. The lowest BCUT2D eigenvalue weighted by Gasteiger charge is -1.97. The number of nitrogens with two attached hydrogens (primary N) is 1. The molecule has 1 rings (SSSR count). The van der Waals surface area contributed by atoms with E-state index in [4.69, 9.17) is 0 Å². The highest BCUT2D eigenvalue weighted by Gasteiger charge is 2.06. The van der Waals surface area contributed by atoms with Crippen molar-refractivity contribution >= 4 is 5.97 Å². The summed E-state index contributed by atoms with van der Waals surface area (Å²) in [7, 11) is 1.80. The van der Waals surface area contributed by atoms with E-state index >= 15 is 0 Å². The van der Waals surface area contributed by atoms with Crippen LogP contribution in [0.5, 0.6) is 0 Å². The third-order valence-electron chi connectivity index (χ3n) is 1.35. The van der Waals surface area contributed by atoms with E-state index < -0.39 is 5.97 Å². The van der Waals surface area contributed by atoms with Gasteiger partial charge in [0, 0.05) is 19.4 Å². The van der Waals surface area contributed by atoms with E-state index in [0.29, 0.717) is 5.82 Å². The van der Waals surface area contributed by atoms with Gasteiger partial charge in [0.2, 0.25) is 0 Å². The standard InChI is InChI=1S/C6H9N3O2/c1-9-3-2-8-5(9)4-6(10)11-7/h2-3H,4,7H2,1H3. The molecule has 0 aliphatic heterocycles. The second-order valence-electron chi connectivity index (χ2n) is 2.12. The molecule has 0 amide bonds. The monoisotopic (exact) mass is 155 g/mol. The first-order chi connectivity index (χ1) is 5.24. The Labute approximate surface area is 63.7 Å². The number of imidazole rings is 1. The summed E-state index contributed by atoms with van der Waals surface area (Å²) in [6.07, 6.45) is 3.47. The smallest absolute Gasteiger partial charge is 0.331 e. The minimum atomic E-state index is -0.487. The fraction of sp³-hybridized carbons (Fsp3) is 0.333. The molecule has 5 nitrogen and oxygen atoms in total. The molecule has 1 heterocycles. The summed E-state index contributed by atoms with van der Waals surface area (Å²) in [5, 5.41) is 0. The first-order valence-corrected chi connectivity index (χ1v) is 3.10. The van der Waals surface area contributed by atoms with Crippen molar-refractivity contribution in [2.45, 2.75) is 6.42 Å². The van der Waals surface area contributed by atoms with E-state index in [9.17, 15) is 4.79 Å². The highest BCUT2D eigenvalue weighted by Crippen LogP contribution is 1.95. The Hall–Kier alpha value is -1.36. The zero-order valence-electron chi connectivity index (χ0n) is 6.15. The molecule has 0 saturated carbocycles. The number of hydrogen-bond acceptors (Lipinski definition) is 4. The minimum absolute atomic E-state index is 0.111. The van der Waals surface area contributed by atoms with E-state index in [-0.39, 0.29) is 6.42 Å². The predicted molar refractivity (Wildman–Crippen MR) is 37.2 cm³/mol. The fourth-order valence-electron chi connectivity index (χ4n) is 0.738. The number of hydrogen-bond donors (Lipinski definition) is 1. The summed E-state index contributed by atoms with van der Waals surface area (Å²) in [6, 6.07) is 0. The quantitative estimate of drug-likeness (QED) is 0.578.